The summed E-state index contributed by atoms with van der Waals surface area (Å²) in [5.74, 6) is -6.43. The van der Waals surface area contributed by atoms with Crippen molar-refractivity contribution in [2.45, 2.75) is 81.6 Å². The minimum absolute atomic E-state index is 0.0793. The Morgan fingerprint density at radius 1 is 0.854 bits per heavy atom. The van der Waals surface area contributed by atoms with E-state index in [1.807, 2.05) is 6.92 Å². The quantitative estimate of drug-likeness (QED) is 0.318. The summed E-state index contributed by atoms with van der Waals surface area (Å²) < 4.78 is 26.0. The van der Waals surface area contributed by atoms with Crippen LogP contribution < -0.4 is 0 Å². The fourth-order valence-electron chi connectivity index (χ4n) is 8.72. The monoisotopic (exact) mass is 564 g/mol. The van der Waals surface area contributed by atoms with Gasteiger partial charge in [0.1, 0.15) is 29.1 Å². The third-order valence-electron chi connectivity index (χ3n) is 9.91. The first-order valence-electron chi connectivity index (χ1n) is 13.7. The highest BCUT2D eigenvalue weighted by Crippen LogP contribution is 2.73. The zero-order chi connectivity index (χ0) is 29.1. The average Bonchev–Trinajstić information content (AvgIpc) is 3.19. The van der Waals surface area contributed by atoms with Crippen LogP contribution in [0.5, 0.6) is 23.0 Å². The van der Waals surface area contributed by atoms with Crippen molar-refractivity contribution in [1.82, 2.24) is 0 Å². The normalized spacial score (nSPS) is 41.5. The van der Waals surface area contributed by atoms with Gasteiger partial charge in [-0.2, -0.15) is 0 Å². The molecule has 6 aliphatic rings. The van der Waals surface area contributed by atoms with Crippen LogP contribution in [0.2, 0.25) is 0 Å². The van der Waals surface area contributed by atoms with Crippen LogP contribution >= 0.6 is 0 Å². The number of aromatic hydroxyl groups is 4. The molecule has 0 aromatic heterocycles. The number of carbonyl (C=O) groups is 2. The number of hydrogen-bond donors (Lipinski definition) is 5. The highest BCUT2D eigenvalue weighted by atomic mass is 16.8. The second-order valence-electron chi connectivity index (χ2n) is 12.1. The van der Waals surface area contributed by atoms with Crippen LogP contribution in [-0.2, 0) is 30.3 Å². The van der Waals surface area contributed by atoms with Gasteiger partial charge in [-0.15, -0.1) is 0 Å². The number of phenolic OH excluding ortho intramolecular Hbond substituents is 4. The van der Waals surface area contributed by atoms with Crippen molar-refractivity contribution >= 4 is 11.6 Å². The number of benzene rings is 2. The summed E-state index contributed by atoms with van der Waals surface area (Å²) in [4.78, 5) is 28.4. The minimum Gasteiger partial charge on any atom is -0.508 e. The molecule has 11 nitrogen and oxygen atoms in total. The largest absolute Gasteiger partial charge is 0.508 e. The lowest BCUT2D eigenvalue weighted by molar-refractivity contribution is -0.272. The van der Waals surface area contributed by atoms with E-state index in [4.69, 9.17) is 18.9 Å². The molecule has 2 spiro atoms. The Kier molecular flexibility index (Phi) is 4.49. The van der Waals surface area contributed by atoms with Crippen LogP contribution in [0.1, 0.15) is 71.5 Å². The molecule has 2 aliphatic carbocycles. The second-order valence-corrected chi connectivity index (χ2v) is 12.1. The van der Waals surface area contributed by atoms with Crippen LogP contribution in [0.4, 0.5) is 0 Å². The number of Topliss-reactive ketones (excluding diaryl/α,β-unsaturated/α-hetero) is 2. The molecule has 2 fully saturated rings. The van der Waals surface area contributed by atoms with Gasteiger partial charge in [0.2, 0.25) is 5.79 Å². The van der Waals surface area contributed by atoms with Gasteiger partial charge in [0.25, 0.3) is 0 Å². The average molecular weight is 565 g/mol. The smallest absolute Gasteiger partial charge is 0.221 e. The Morgan fingerprint density at radius 2 is 1.56 bits per heavy atom. The first-order chi connectivity index (χ1) is 19.3. The Bertz CT molecular complexity index is 1680. The third-order valence-corrected chi connectivity index (χ3v) is 9.91. The van der Waals surface area contributed by atoms with E-state index >= 15 is 0 Å². The van der Waals surface area contributed by atoms with Crippen molar-refractivity contribution < 1.29 is 54.1 Å². The summed E-state index contributed by atoms with van der Waals surface area (Å²) in [6.07, 6.45) is -3.58. The molecular formula is C30H28O11. The third kappa shape index (κ3) is 2.48. The van der Waals surface area contributed by atoms with Crippen molar-refractivity contribution in [3.05, 3.63) is 57.2 Å². The predicted molar refractivity (Wildman–Crippen MR) is 137 cm³/mol. The second kappa shape index (κ2) is 7.29. The maximum atomic E-state index is 14.3. The number of carbonyl (C=O) groups excluding carboxylic acids is 2. The molecule has 8 rings (SSSR count). The summed E-state index contributed by atoms with van der Waals surface area (Å²) >= 11 is 0. The van der Waals surface area contributed by atoms with Gasteiger partial charge in [-0.1, -0.05) is 0 Å². The van der Waals surface area contributed by atoms with Crippen molar-refractivity contribution in [2.24, 2.45) is 5.92 Å². The van der Waals surface area contributed by atoms with Gasteiger partial charge in [-0.25, -0.2) is 0 Å². The SMILES string of the molecule is CC1CC2=C(C(=O)c3c(O)cc(O)c4c3C23OC2C(C)OC(C)C5C(=O)c6c(O)cc(O)cc6C4(O)C25O3)C(C)O1. The van der Waals surface area contributed by atoms with Crippen LogP contribution in [-0.4, -0.2) is 73.2 Å². The first kappa shape index (κ1) is 25.2. The molecule has 4 heterocycles. The number of phenols is 4. The van der Waals surface area contributed by atoms with Gasteiger partial charge in [0, 0.05) is 46.4 Å². The van der Waals surface area contributed by atoms with E-state index in [1.54, 1.807) is 20.8 Å². The van der Waals surface area contributed by atoms with E-state index < -0.39 is 81.9 Å². The topological polar surface area (TPSA) is 172 Å². The van der Waals surface area contributed by atoms with E-state index in [9.17, 15) is 35.1 Å². The minimum atomic E-state index is -2.45. The summed E-state index contributed by atoms with van der Waals surface area (Å²) in [7, 11) is 0. The lowest BCUT2D eigenvalue weighted by Gasteiger charge is -2.60. The van der Waals surface area contributed by atoms with Gasteiger partial charge < -0.3 is 44.5 Å². The number of ether oxygens (including phenoxy) is 4. The zero-order valence-electron chi connectivity index (χ0n) is 22.6. The van der Waals surface area contributed by atoms with E-state index in [-0.39, 0.29) is 45.9 Å². The molecule has 2 aromatic rings. The van der Waals surface area contributed by atoms with E-state index in [0.29, 0.717) is 5.57 Å². The van der Waals surface area contributed by atoms with Gasteiger partial charge >= 0.3 is 0 Å². The van der Waals surface area contributed by atoms with Crippen LogP contribution in [0.15, 0.2) is 29.3 Å². The van der Waals surface area contributed by atoms with E-state index in [0.717, 1.165) is 18.2 Å². The standard InChI is InChI=1S/C30H28O11/c1-9-5-15-19(10(2)38-9)25(35)21-17(33)8-18(34)23-24(21)30(15)40-27-12(4)39-11(3)22-26(36)20-14(6-13(31)7-16(20)32)28(23,37)29(22,27)41-30/h6-12,22,27,31-34,37H,5H2,1-4H3. The maximum absolute atomic E-state index is 14.3. The van der Waals surface area contributed by atoms with Gasteiger partial charge in [0.15, 0.2) is 22.8 Å². The van der Waals surface area contributed by atoms with Crippen molar-refractivity contribution in [3.8, 4) is 23.0 Å². The highest BCUT2D eigenvalue weighted by molar-refractivity contribution is 6.15. The van der Waals surface area contributed by atoms with Crippen LogP contribution in [0, 0.1) is 5.92 Å². The number of ketones is 2. The van der Waals surface area contributed by atoms with Crippen LogP contribution in [0.3, 0.4) is 0 Å². The molecular weight excluding hydrogens is 536 g/mol. The number of hydrogen-bond acceptors (Lipinski definition) is 11. The number of fused-ring (bicyclic) bond motifs is 3. The molecule has 0 amide bonds. The Labute approximate surface area is 233 Å². The molecule has 2 saturated heterocycles. The fraction of sp³-hybridized carbons (Fsp3) is 0.467. The Morgan fingerprint density at radius 3 is 2.29 bits per heavy atom. The number of aliphatic hydroxyl groups is 1. The lowest BCUT2D eigenvalue weighted by Crippen LogP contribution is -2.75. The zero-order valence-corrected chi connectivity index (χ0v) is 22.6. The summed E-state index contributed by atoms with van der Waals surface area (Å²) in [5.41, 5.74) is -4.72. The number of rotatable bonds is 0. The van der Waals surface area contributed by atoms with Gasteiger partial charge in [0.05, 0.1) is 41.5 Å². The predicted octanol–water partition coefficient (Wildman–Crippen LogP) is 2.38. The van der Waals surface area contributed by atoms with Crippen molar-refractivity contribution in [1.29, 1.82) is 0 Å². The molecule has 9 unspecified atom stereocenters. The molecule has 2 aromatic carbocycles. The Hall–Kier alpha value is -3.48. The first-order valence-corrected chi connectivity index (χ1v) is 13.7. The summed E-state index contributed by atoms with van der Waals surface area (Å²) in [5, 5.41) is 57.3. The molecule has 11 heteroatoms. The molecule has 5 N–H and O–H groups in total. The van der Waals surface area contributed by atoms with Crippen molar-refractivity contribution in [2.75, 3.05) is 0 Å². The molecule has 4 aliphatic heterocycles. The molecule has 214 valence electrons. The van der Waals surface area contributed by atoms with Crippen molar-refractivity contribution in [3.63, 3.8) is 0 Å². The fourth-order valence-corrected chi connectivity index (χ4v) is 8.72. The molecule has 2 bridgehead atoms. The van der Waals surface area contributed by atoms with E-state index in [1.165, 1.54) is 0 Å². The van der Waals surface area contributed by atoms with Gasteiger partial charge in [-0.05, 0) is 33.8 Å². The Balaban J connectivity index is 1.60. The highest BCUT2D eigenvalue weighted by Gasteiger charge is 2.83. The van der Waals surface area contributed by atoms with E-state index in [2.05, 4.69) is 0 Å². The summed E-state index contributed by atoms with van der Waals surface area (Å²) in [6, 6.07) is 3.10. The molecule has 9 atom stereocenters. The molecule has 0 saturated carbocycles. The molecule has 41 heavy (non-hydrogen) atoms. The summed E-state index contributed by atoms with van der Waals surface area (Å²) in [6.45, 7) is 6.92. The lowest BCUT2D eigenvalue weighted by atomic mass is 9.52. The van der Waals surface area contributed by atoms with Crippen LogP contribution in [0.25, 0.3) is 0 Å². The maximum Gasteiger partial charge on any atom is 0.221 e. The molecule has 0 radical (unpaired) electrons. The van der Waals surface area contributed by atoms with Gasteiger partial charge in [-0.3, -0.25) is 9.59 Å².